The molecule has 1 unspecified atom stereocenters. The fraction of sp³-hybridized carbons (Fsp3) is 1.00. The molecule has 0 spiro atoms. The molecule has 1 atom stereocenters. The monoisotopic (exact) mass is 134 g/mol. The van der Waals surface area contributed by atoms with Gasteiger partial charge < -0.3 is 5.11 Å². The van der Waals surface area contributed by atoms with E-state index in [1.54, 1.807) is 11.8 Å². The van der Waals surface area contributed by atoms with Gasteiger partial charge in [-0.05, 0) is 12.7 Å². The summed E-state index contributed by atoms with van der Waals surface area (Å²) in [5.74, 6) is 0. The van der Waals surface area contributed by atoms with Gasteiger partial charge in [0.25, 0.3) is 0 Å². The minimum absolute atomic E-state index is 0.328. The van der Waals surface area contributed by atoms with Gasteiger partial charge in [-0.15, -0.1) is 0 Å². The summed E-state index contributed by atoms with van der Waals surface area (Å²) in [5, 5.41) is 9.11. The van der Waals surface area contributed by atoms with E-state index in [0.29, 0.717) is 11.9 Å². The van der Waals surface area contributed by atoms with Crippen LogP contribution in [0.25, 0.3) is 0 Å². The first kappa shape index (κ1) is 8.31. The van der Waals surface area contributed by atoms with Crippen LogP contribution in [0, 0.1) is 0 Å². The molecule has 0 aromatic heterocycles. The third-order valence-electron chi connectivity index (χ3n) is 1.15. The Morgan fingerprint density at radius 2 is 2.25 bits per heavy atom. The molecule has 0 fully saturated rings. The van der Waals surface area contributed by atoms with E-state index in [-0.39, 0.29) is 0 Å². The van der Waals surface area contributed by atoms with Gasteiger partial charge in [0, 0.05) is 5.25 Å². The number of hydrogen-bond acceptors (Lipinski definition) is 2. The Morgan fingerprint density at radius 1 is 1.62 bits per heavy atom. The highest BCUT2D eigenvalue weighted by molar-refractivity contribution is 7.99. The zero-order valence-electron chi connectivity index (χ0n) is 5.55. The first-order valence-electron chi connectivity index (χ1n) is 2.98. The molecule has 0 aromatic carbocycles. The van der Waals surface area contributed by atoms with Gasteiger partial charge in [0.05, 0.1) is 6.61 Å². The highest BCUT2D eigenvalue weighted by Gasteiger charge is 2.00. The van der Waals surface area contributed by atoms with Crippen molar-refractivity contribution in [3.8, 4) is 0 Å². The van der Waals surface area contributed by atoms with Crippen LogP contribution in [0.5, 0.6) is 0 Å². The molecule has 0 saturated heterocycles. The molecule has 0 aromatic rings. The van der Waals surface area contributed by atoms with Gasteiger partial charge in [0.2, 0.25) is 0 Å². The normalized spacial score (nSPS) is 13.9. The Balaban J connectivity index is 3.07. The number of thioether (sulfide) groups is 1. The number of aliphatic hydroxyl groups excluding tert-OH is 1. The molecule has 0 radical (unpaired) electrons. The van der Waals surface area contributed by atoms with E-state index in [1.165, 1.54) is 6.42 Å². The van der Waals surface area contributed by atoms with Crippen LogP contribution in [-0.4, -0.2) is 23.2 Å². The fourth-order valence-electron chi connectivity index (χ4n) is 0.606. The van der Waals surface area contributed by atoms with Crippen LogP contribution in [0.3, 0.4) is 0 Å². The average molecular weight is 134 g/mol. The zero-order chi connectivity index (χ0) is 6.41. The molecule has 0 bridgehead atoms. The molecule has 0 rings (SSSR count). The lowest BCUT2D eigenvalue weighted by molar-refractivity contribution is 0.290. The summed E-state index contributed by atoms with van der Waals surface area (Å²) >= 11 is 1.74. The van der Waals surface area contributed by atoms with Crippen LogP contribution in [0.15, 0.2) is 0 Å². The quantitative estimate of drug-likeness (QED) is 0.629. The van der Waals surface area contributed by atoms with Gasteiger partial charge in [-0.2, -0.15) is 11.8 Å². The highest BCUT2D eigenvalue weighted by atomic mass is 32.2. The molecular formula is C6H14OS. The second kappa shape index (κ2) is 5.45. The molecule has 0 amide bonds. The lowest BCUT2D eigenvalue weighted by atomic mass is 10.3. The zero-order valence-corrected chi connectivity index (χ0v) is 6.37. The van der Waals surface area contributed by atoms with Crippen molar-refractivity contribution in [3.05, 3.63) is 0 Å². The van der Waals surface area contributed by atoms with E-state index in [9.17, 15) is 0 Å². The molecular weight excluding hydrogens is 120 g/mol. The molecule has 1 N–H and O–H groups in total. The molecule has 2 heteroatoms. The van der Waals surface area contributed by atoms with Gasteiger partial charge in [-0.3, -0.25) is 0 Å². The maximum Gasteiger partial charge on any atom is 0.0549 e. The van der Waals surface area contributed by atoms with E-state index in [0.717, 1.165) is 6.42 Å². The van der Waals surface area contributed by atoms with Gasteiger partial charge >= 0.3 is 0 Å². The summed E-state index contributed by atoms with van der Waals surface area (Å²) in [6, 6.07) is 0. The molecule has 0 aliphatic heterocycles. The standard InChI is InChI=1S/C6H14OS/c1-3-4-6(5-7)8-2/h6-7H,3-5H2,1-2H3. The van der Waals surface area contributed by atoms with Crippen molar-refractivity contribution >= 4 is 11.8 Å². The van der Waals surface area contributed by atoms with Crippen LogP contribution in [0.2, 0.25) is 0 Å². The predicted molar refractivity (Wildman–Crippen MR) is 39.3 cm³/mol. The third-order valence-corrected chi connectivity index (χ3v) is 2.20. The van der Waals surface area contributed by atoms with Crippen molar-refractivity contribution in [1.29, 1.82) is 0 Å². The Bertz CT molecular complexity index is 43.8. The summed E-state index contributed by atoms with van der Waals surface area (Å²) in [4.78, 5) is 0. The summed E-state index contributed by atoms with van der Waals surface area (Å²) in [5.41, 5.74) is 0. The minimum atomic E-state index is 0.328. The molecule has 0 heterocycles. The molecule has 1 nitrogen and oxygen atoms in total. The van der Waals surface area contributed by atoms with Crippen molar-refractivity contribution in [2.24, 2.45) is 0 Å². The number of aliphatic hydroxyl groups is 1. The Morgan fingerprint density at radius 3 is 2.38 bits per heavy atom. The number of rotatable bonds is 4. The van der Waals surface area contributed by atoms with Crippen LogP contribution >= 0.6 is 11.8 Å². The van der Waals surface area contributed by atoms with Gasteiger partial charge in [0.15, 0.2) is 0 Å². The van der Waals surface area contributed by atoms with Crippen molar-refractivity contribution in [2.75, 3.05) is 12.9 Å². The molecule has 0 aliphatic rings. The lowest BCUT2D eigenvalue weighted by Crippen LogP contribution is -2.06. The maximum atomic E-state index is 8.64. The Hall–Kier alpha value is 0.310. The van der Waals surface area contributed by atoms with Crippen LogP contribution in [0.1, 0.15) is 19.8 Å². The summed E-state index contributed by atoms with van der Waals surface area (Å²) < 4.78 is 0. The van der Waals surface area contributed by atoms with Crippen LogP contribution < -0.4 is 0 Å². The number of hydrogen-bond donors (Lipinski definition) is 1. The minimum Gasteiger partial charge on any atom is -0.395 e. The second-order valence-corrected chi connectivity index (χ2v) is 2.97. The Labute approximate surface area is 55.5 Å². The van der Waals surface area contributed by atoms with Crippen molar-refractivity contribution < 1.29 is 5.11 Å². The lowest BCUT2D eigenvalue weighted by Gasteiger charge is -2.07. The van der Waals surface area contributed by atoms with E-state index in [2.05, 4.69) is 6.92 Å². The highest BCUT2D eigenvalue weighted by Crippen LogP contribution is 2.10. The first-order chi connectivity index (χ1) is 3.85. The predicted octanol–water partition coefficient (Wildman–Crippen LogP) is 1.51. The van der Waals surface area contributed by atoms with E-state index >= 15 is 0 Å². The van der Waals surface area contributed by atoms with Crippen LogP contribution in [-0.2, 0) is 0 Å². The second-order valence-electron chi connectivity index (χ2n) is 1.83. The fourth-order valence-corrected chi connectivity index (χ4v) is 1.23. The van der Waals surface area contributed by atoms with Crippen molar-refractivity contribution in [2.45, 2.75) is 25.0 Å². The van der Waals surface area contributed by atoms with Gasteiger partial charge in [0.1, 0.15) is 0 Å². The van der Waals surface area contributed by atoms with Crippen molar-refractivity contribution in [1.82, 2.24) is 0 Å². The molecule has 0 aliphatic carbocycles. The summed E-state index contributed by atoms with van der Waals surface area (Å²) in [6.45, 7) is 2.47. The SMILES string of the molecule is CCCC(CO)SC. The smallest absolute Gasteiger partial charge is 0.0549 e. The summed E-state index contributed by atoms with van der Waals surface area (Å²) in [6.07, 6.45) is 4.35. The van der Waals surface area contributed by atoms with Crippen LogP contribution in [0.4, 0.5) is 0 Å². The Kier molecular flexibility index (Phi) is 5.66. The van der Waals surface area contributed by atoms with Gasteiger partial charge in [-0.1, -0.05) is 13.3 Å². The van der Waals surface area contributed by atoms with Crippen molar-refractivity contribution in [3.63, 3.8) is 0 Å². The summed E-state index contributed by atoms with van der Waals surface area (Å²) in [7, 11) is 0. The largest absolute Gasteiger partial charge is 0.395 e. The molecule has 50 valence electrons. The molecule has 8 heavy (non-hydrogen) atoms. The molecule has 0 saturated carbocycles. The van der Waals surface area contributed by atoms with E-state index in [1.807, 2.05) is 6.26 Å². The third kappa shape index (κ3) is 3.33. The van der Waals surface area contributed by atoms with E-state index < -0.39 is 0 Å². The first-order valence-corrected chi connectivity index (χ1v) is 4.27. The van der Waals surface area contributed by atoms with Gasteiger partial charge in [-0.25, -0.2) is 0 Å². The average Bonchev–Trinajstić information content (AvgIpc) is 1.83. The van der Waals surface area contributed by atoms with E-state index in [4.69, 9.17) is 5.11 Å². The topological polar surface area (TPSA) is 20.2 Å². The maximum absolute atomic E-state index is 8.64.